The second-order valence-corrected chi connectivity index (χ2v) is 12.7. The van der Waals surface area contributed by atoms with Gasteiger partial charge in [0.1, 0.15) is 53.2 Å². The minimum atomic E-state index is -1.36. The first-order valence-electron chi connectivity index (χ1n) is 15.4. The van der Waals surface area contributed by atoms with E-state index in [2.05, 4.69) is 15.2 Å². The predicted molar refractivity (Wildman–Crippen MR) is 163 cm³/mol. The van der Waals surface area contributed by atoms with Gasteiger partial charge in [-0.15, -0.1) is 10.2 Å². The molecule has 0 radical (unpaired) electrons. The fraction of sp³-hybridized carbons (Fsp3) is 0.343. The molecule has 3 aliphatic rings. The number of Topliss-reactive ketones (excluding diaryl/α,β-unsaturated/α-hetero) is 1. The summed E-state index contributed by atoms with van der Waals surface area (Å²) >= 11 is 0. The molecule has 5 aromatic rings. The number of carbonyl (C=O) groups is 1. The number of benzene rings is 2. The lowest BCUT2D eigenvalue weighted by Crippen LogP contribution is -2.34. The van der Waals surface area contributed by atoms with Gasteiger partial charge < -0.3 is 19.1 Å². The Labute approximate surface area is 259 Å². The Morgan fingerprint density at radius 1 is 1.11 bits per heavy atom. The average Bonchev–Trinajstić information content (AvgIpc) is 3.99. The number of hydrogen-bond acceptors (Lipinski definition) is 8. The van der Waals surface area contributed by atoms with Crippen LogP contribution in [0, 0.1) is 11.7 Å². The molecule has 1 aliphatic heterocycles. The fourth-order valence-electron chi connectivity index (χ4n) is 6.39. The maximum Gasteiger partial charge on any atom is 0.163 e. The van der Waals surface area contributed by atoms with Crippen molar-refractivity contribution in [2.24, 2.45) is 5.92 Å². The smallest absolute Gasteiger partial charge is 0.163 e. The molecule has 0 amide bonds. The molecule has 2 fully saturated rings. The Kier molecular flexibility index (Phi) is 6.46. The van der Waals surface area contributed by atoms with Crippen molar-refractivity contribution in [2.75, 3.05) is 6.61 Å². The molecule has 4 heterocycles. The largest absolute Gasteiger partial charge is 0.488 e. The van der Waals surface area contributed by atoms with E-state index < -0.39 is 11.1 Å². The van der Waals surface area contributed by atoms with Crippen LogP contribution in [0.15, 0.2) is 73.4 Å². The summed E-state index contributed by atoms with van der Waals surface area (Å²) < 4.78 is 28.2. The van der Waals surface area contributed by atoms with Crippen molar-refractivity contribution in [2.45, 2.75) is 62.7 Å². The van der Waals surface area contributed by atoms with Crippen LogP contribution in [0.3, 0.4) is 0 Å². The molecule has 1 N–H and O–H groups in total. The zero-order valence-electron chi connectivity index (χ0n) is 24.8. The summed E-state index contributed by atoms with van der Waals surface area (Å²) in [6.07, 6.45) is 9.13. The third-order valence-electron chi connectivity index (χ3n) is 9.40. The summed E-state index contributed by atoms with van der Waals surface area (Å²) in [6, 6.07) is 15.4. The van der Waals surface area contributed by atoms with Crippen molar-refractivity contribution < 1.29 is 23.8 Å². The molecule has 9 nitrogen and oxygen atoms in total. The van der Waals surface area contributed by atoms with E-state index in [4.69, 9.17) is 14.5 Å². The van der Waals surface area contributed by atoms with Crippen LogP contribution in [0.1, 0.15) is 67.1 Å². The van der Waals surface area contributed by atoms with Crippen LogP contribution < -0.4 is 9.47 Å². The van der Waals surface area contributed by atoms with Crippen LogP contribution in [0.25, 0.3) is 22.2 Å². The van der Waals surface area contributed by atoms with Gasteiger partial charge in [0.05, 0.1) is 11.8 Å². The van der Waals surface area contributed by atoms with Gasteiger partial charge in [-0.05, 0) is 93.5 Å². The van der Waals surface area contributed by atoms with Crippen molar-refractivity contribution in [1.29, 1.82) is 0 Å². The number of carbonyl (C=O) groups excluding carboxylic acids is 1. The molecule has 8 rings (SSSR count). The number of pyridine rings is 2. The second-order valence-electron chi connectivity index (χ2n) is 12.7. The van der Waals surface area contributed by atoms with Gasteiger partial charge >= 0.3 is 0 Å². The lowest BCUT2D eigenvalue weighted by atomic mass is 9.83. The third kappa shape index (κ3) is 4.93. The van der Waals surface area contributed by atoms with E-state index in [0.717, 1.165) is 42.1 Å². The quantitative estimate of drug-likeness (QED) is 0.193. The van der Waals surface area contributed by atoms with E-state index in [1.165, 1.54) is 12.1 Å². The average molecular weight is 606 g/mol. The monoisotopic (exact) mass is 605 g/mol. The van der Waals surface area contributed by atoms with Gasteiger partial charge in [0.15, 0.2) is 11.5 Å². The minimum absolute atomic E-state index is 0.0463. The van der Waals surface area contributed by atoms with Crippen molar-refractivity contribution >= 4 is 16.7 Å². The first-order chi connectivity index (χ1) is 21.8. The second kappa shape index (κ2) is 10.4. The Bertz CT molecular complexity index is 1920. The van der Waals surface area contributed by atoms with Gasteiger partial charge in [-0.1, -0.05) is 6.07 Å². The molecule has 0 saturated heterocycles. The molecular formula is C35H32FN5O4. The van der Waals surface area contributed by atoms with Gasteiger partial charge in [0, 0.05) is 34.7 Å². The zero-order chi connectivity index (χ0) is 30.8. The number of fused-ring (bicyclic) bond motifs is 2. The summed E-state index contributed by atoms with van der Waals surface area (Å²) in [7, 11) is 0. The minimum Gasteiger partial charge on any atom is -0.488 e. The number of ether oxygens (including phenoxy) is 2. The van der Waals surface area contributed by atoms with Crippen LogP contribution in [-0.4, -0.2) is 48.3 Å². The number of ketones is 1. The summed E-state index contributed by atoms with van der Waals surface area (Å²) in [4.78, 5) is 23.2. The van der Waals surface area contributed by atoms with E-state index in [1.807, 2.05) is 35.8 Å². The fourth-order valence-corrected chi connectivity index (χ4v) is 6.39. The normalized spacial score (nSPS) is 20.4. The highest BCUT2D eigenvalue weighted by atomic mass is 19.1. The molecule has 3 aromatic heterocycles. The molecule has 2 aromatic carbocycles. The number of halogens is 1. The summed E-state index contributed by atoms with van der Waals surface area (Å²) in [6.45, 7) is 2.33. The van der Waals surface area contributed by atoms with Gasteiger partial charge in [-0.2, -0.15) is 0 Å². The highest BCUT2D eigenvalue weighted by Gasteiger charge is 2.49. The van der Waals surface area contributed by atoms with E-state index in [-0.39, 0.29) is 36.5 Å². The molecule has 45 heavy (non-hydrogen) atoms. The number of rotatable bonds is 10. The van der Waals surface area contributed by atoms with Crippen LogP contribution >= 0.6 is 0 Å². The van der Waals surface area contributed by atoms with Crippen LogP contribution in [0.4, 0.5) is 4.39 Å². The van der Waals surface area contributed by atoms with Gasteiger partial charge in [-0.3, -0.25) is 9.78 Å². The maximum atomic E-state index is 13.9. The Hall–Kier alpha value is -4.70. The van der Waals surface area contributed by atoms with Crippen molar-refractivity contribution in [3.05, 3.63) is 96.1 Å². The summed E-state index contributed by atoms with van der Waals surface area (Å²) in [5.74, 6) is 0.704. The van der Waals surface area contributed by atoms with Crippen LogP contribution in [0.5, 0.6) is 11.5 Å². The van der Waals surface area contributed by atoms with Crippen LogP contribution in [-0.2, 0) is 11.1 Å². The zero-order valence-corrected chi connectivity index (χ0v) is 24.8. The van der Waals surface area contributed by atoms with Gasteiger partial charge in [0.2, 0.25) is 0 Å². The first-order valence-corrected chi connectivity index (χ1v) is 15.4. The first kappa shape index (κ1) is 27.8. The third-order valence-corrected chi connectivity index (χ3v) is 9.40. The highest BCUT2D eigenvalue weighted by molar-refractivity contribution is 6.01. The standard InChI is InChI=1S/C35H32FN5O4/c1-34(41-19-38-39-20-41)18-44-33-27(34)17-30(40-32(33)21-4-8-25(36)9-5-21)35(43,24-6-7-24)13-12-28(42)23-15-22-3-2-14-37-31(22)29(16-23)45-26-10-11-26/h2-5,8-9,14-17,19-20,24,26,43H,6-7,10-13,18H2,1H3/t34-,35+/m0/s1. The van der Waals surface area contributed by atoms with Crippen LogP contribution in [0.2, 0.25) is 0 Å². The van der Waals surface area contributed by atoms with Crippen molar-refractivity contribution in [1.82, 2.24) is 24.7 Å². The number of aromatic nitrogens is 5. The van der Waals surface area contributed by atoms with Gasteiger partial charge in [-0.25, -0.2) is 9.37 Å². The summed E-state index contributed by atoms with van der Waals surface area (Å²) in [5.41, 5.74) is 1.74. The number of hydrogen-bond donors (Lipinski definition) is 1. The Morgan fingerprint density at radius 2 is 1.89 bits per heavy atom. The molecule has 0 spiro atoms. The van der Waals surface area contributed by atoms with E-state index >= 15 is 0 Å². The molecule has 228 valence electrons. The molecule has 2 aliphatic carbocycles. The molecule has 2 saturated carbocycles. The topological polar surface area (TPSA) is 112 Å². The molecule has 2 atom stereocenters. The van der Waals surface area contributed by atoms with Crippen molar-refractivity contribution in [3.8, 4) is 22.8 Å². The van der Waals surface area contributed by atoms with E-state index in [1.54, 1.807) is 37.1 Å². The molecule has 10 heteroatoms. The van der Waals surface area contributed by atoms with Gasteiger partial charge in [0.25, 0.3) is 0 Å². The van der Waals surface area contributed by atoms with E-state index in [0.29, 0.717) is 40.6 Å². The lowest BCUT2D eigenvalue weighted by molar-refractivity contribution is -0.00117. The van der Waals surface area contributed by atoms with Crippen molar-refractivity contribution in [3.63, 3.8) is 0 Å². The Morgan fingerprint density at radius 3 is 2.62 bits per heavy atom. The lowest BCUT2D eigenvalue weighted by Gasteiger charge is -2.30. The highest BCUT2D eigenvalue weighted by Crippen LogP contribution is 2.52. The number of aliphatic hydroxyl groups is 1. The summed E-state index contributed by atoms with van der Waals surface area (Å²) in [5, 5.41) is 21.3. The molecule has 0 unspecified atom stereocenters. The predicted octanol–water partition coefficient (Wildman–Crippen LogP) is 5.99. The maximum absolute atomic E-state index is 13.9. The SMILES string of the molecule is C[C@]1(n2cnnc2)COc2c1cc([C@@](O)(CCC(=O)c1cc(OC3CC3)c3ncccc3c1)C1CC1)nc2-c1ccc(F)cc1. The Balaban J connectivity index is 1.17. The molecular weight excluding hydrogens is 573 g/mol. The molecule has 0 bridgehead atoms. The number of nitrogens with zero attached hydrogens (tertiary/aromatic N) is 5. The van der Waals surface area contributed by atoms with E-state index in [9.17, 15) is 14.3 Å².